The Morgan fingerprint density at radius 1 is 1.04 bits per heavy atom. The van der Waals surface area contributed by atoms with Gasteiger partial charge in [0.1, 0.15) is 0 Å². The van der Waals surface area contributed by atoms with Crippen molar-refractivity contribution in [2.24, 2.45) is 0 Å². The Labute approximate surface area is 152 Å². The first-order chi connectivity index (χ1) is 11.5. The maximum Gasteiger partial charge on any atom is 0.254 e. The van der Waals surface area contributed by atoms with Crippen molar-refractivity contribution >= 4 is 15.9 Å². The van der Waals surface area contributed by atoms with Crippen molar-refractivity contribution in [1.82, 2.24) is 9.21 Å². The highest BCUT2D eigenvalue weighted by Gasteiger charge is 2.29. The van der Waals surface area contributed by atoms with Crippen LogP contribution in [-0.2, 0) is 15.4 Å². The van der Waals surface area contributed by atoms with Crippen LogP contribution in [-0.4, -0.2) is 55.5 Å². The van der Waals surface area contributed by atoms with E-state index >= 15 is 0 Å². The van der Waals surface area contributed by atoms with Crippen molar-refractivity contribution < 1.29 is 13.2 Å². The number of amides is 1. The van der Waals surface area contributed by atoms with E-state index in [0.29, 0.717) is 26.2 Å². The van der Waals surface area contributed by atoms with Crippen molar-refractivity contribution in [2.75, 3.05) is 31.9 Å². The maximum atomic E-state index is 13.0. The van der Waals surface area contributed by atoms with Gasteiger partial charge >= 0.3 is 0 Å². The van der Waals surface area contributed by atoms with Crippen LogP contribution in [0.3, 0.4) is 0 Å². The van der Waals surface area contributed by atoms with Gasteiger partial charge in [0, 0.05) is 31.7 Å². The van der Waals surface area contributed by atoms with E-state index < -0.39 is 10.0 Å². The summed E-state index contributed by atoms with van der Waals surface area (Å²) < 4.78 is 25.4. The highest BCUT2D eigenvalue weighted by atomic mass is 32.2. The molecule has 1 aromatic carbocycles. The number of rotatable bonds is 3. The van der Waals surface area contributed by atoms with Gasteiger partial charge in [-0.2, -0.15) is 4.31 Å². The second-order valence-electron chi connectivity index (χ2n) is 7.83. The Morgan fingerprint density at radius 3 is 1.92 bits per heavy atom. The van der Waals surface area contributed by atoms with Gasteiger partial charge in [-0.25, -0.2) is 8.42 Å². The van der Waals surface area contributed by atoms with Crippen molar-refractivity contribution in [1.29, 1.82) is 0 Å². The summed E-state index contributed by atoms with van der Waals surface area (Å²) in [7, 11) is -3.18. The third kappa shape index (κ3) is 4.23. The van der Waals surface area contributed by atoms with Gasteiger partial charge in [0.05, 0.1) is 5.75 Å². The molecule has 0 aliphatic carbocycles. The molecule has 1 amide bonds. The molecule has 0 N–H and O–H groups in total. The molecule has 1 aliphatic rings. The lowest BCUT2D eigenvalue weighted by Crippen LogP contribution is -2.51. The fraction of sp³-hybridized carbons (Fsp3) is 0.632. The molecule has 140 valence electrons. The van der Waals surface area contributed by atoms with E-state index in [1.807, 2.05) is 13.8 Å². The molecular weight excluding hydrogens is 336 g/mol. The van der Waals surface area contributed by atoms with Crippen LogP contribution in [0.5, 0.6) is 0 Å². The fourth-order valence-electron chi connectivity index (χ4n) is 3.24. The molecule has 2 rings (SSSR count). The summed E-state index contributed by atoms with van der Waals surface area (Å²) in [5, 5.41) is 0. The first kappa shape index (κ1) is 19.9. The molecule has 0 saturated carbocycles. The third-order valence-electron chi connectivity index (χ3n) is 4.90. The van der Waals surface area contributed by atoms with Crippen molar-refractivity contribution in [3.63, 3.8) is 0 Å². The van der Waals surface area contributed by atoms with Gasteiger partial charge in [-0.1, -0.05) is 32.9 Å². The number of carbonyl (C=O) groups excluding carboxylic acids is 1. The monoisotopic (exact) mass is 366 g/mol. The van der Waals surface area contributed by atoms with Gasteiger partial charge in [0.25, 0.3) is 5.91 Å². The highest BCUT2D eigenvalue weighted by molar-refractivity contribution is 7.89. The van der Waals surface area contributed by atoms with Gasteiger partial charge in [-0.15, -0.1) is 0 Å². The van der Waals surface area contributed by atoms with Gasteiger partial charge < -0.3 is 4.90 Å². The summed E-state index contributed by atoms with van der Waals surface area (Å²) in [4.78, 5) is 14.8. The predicted octanol–water partition coefficient (Wildman–Crippen LogP) is 2.71. The summed E-state index contributed by atoms with van der Waals surface area (Å²) >= 11 is 0. The lowest BCUT2D eigenvalue weighted by atomic mass is 9.83. The lowest BCUT2D eigenvalue weighted by Gasteiger charge is -2.34. The lowest BCUT2D eigenvalue weighted by molar-refractivity contribution is 0.0696. The number of hydrogen-bond donors (Lipinski definition) is 0. The first-order valence-corrected chi connectivity index (χ1v) is 10.5. The van der Waals surface area contributed by atoms with Crippen LogP contribution in [0.15, 0.2) is 12.1 Å². The first-order valence-electron chi connectivity index (χ1n) is 8.86. The zero-order valence-corrected chi connectivity index (χ0v) is 17.0. The largest absolute Gasteiger partial charge is 0.336 e. The number of carbonyl (C=O) groups is 1. The number of hydrogen-bond acceptors (Lipinski definition) is 3. The van der Waals surface area contributed by atoms with Crippen molar-refractivity contribution in [2.45, 2.75) is 47.0 Å². The highest BCUT2D eigenvalue weighted by Crippen LogP contribution is 2.27. The summed E-state index contributed by atoms with van der Waals surface area (Å²) in [5.41, 5.74) is 3.98. The second kappa shape index (κ2) is 7.08. The molecule has 1 fully saturated rings. The Bertz CT molecular complexity index is 732. The van der Waals surface area contributed by atoms with Crippen LogP contribution in [0, 0.1) is 13.8 Å². The molecule has 0 aromatic heterocycles. The molecule has 0 atom stereocenters. The number of benzene rings is 1. The smallest absolute Gasteiger partial charge is 0.254 e. The molecule has 6 heteroatoms. The Balaban J connectivity index is 2.20. The van der Waals surface area contributed by atoms with Gasteiger partial charge in [-0.3, -0.25) is 4.79 Å². The van der Waals surface area contributed by atoms with E-state index in [2.05, 4.69) is 32.9 Å². The molecule has 5 nitrogen and oxygen atoms in total. The van der Waals surface area contributed by atoms with Crippen molar-refractivity contribution in [3.8, 4) is 0 Å². The van der Waals surface area contributed by atoms with E-state index in [4.69, 9.17) is 0 Å². The third-order valence-corrected chi connectivity index (χ3v) is 6.78. The minimum absolute atomic E-state index is 0.00371. The van der Waals surface area contributed by atoms with E-state index in [0.717, 1.165) is 16.7 Å². The van der Waals surface area contributed by atoms with Crippen LogP contribution in [0.4, 0.5) is 0 Å². The van der Waals surface area contributed by atoms with Crippen LogP contribution < -0.4 is 0 Å². The molecule has 1 aliphatic heterocycles. The van der Waals surface area contributed by atoms with E-state index in [-0.39, 0.29) is 17.1 Å². The minimum atomic E-state index is -3.18. The fourth-order valence-corrected chi connectivity index (χ4v) is 4.33. The molecule has 1 saturated heterocycles. The standard InChI is InChI=1S/C19H30N2O3S/c1-7-25(23,24)21-10-8-20(9-11-21)18(22)17-14(2)12-16(13-15(17)3)19(4,5)6/h12-13H,7-11H2,1-6H3. The number of aryl methyl sites for hydroxylation is 2. The summed E-state index contributed by atoms with van der Waals surface area (Å²) in [6.07, 6.45) is 0. The Morgan fingerprint density at radius 2 is 1.52 bits per heavy atom. The minimum Gasteiger partial charge on any atom is -0.336 e. The van der Waals surface area contributed by atoms with Gasteiger partial charge in [0.15, 0.2) is 0 Å². The molecule has 0 unspecified atom stereocenters. The maximum absolute atomic E-state index is 13.0. The van der Waals surface area contributed by atoms with E-state index in [9.17, 15) is 13.2 Å². The molecule has 1 heterocycles. The number of nitrogens with zero attached hydrogens (tertiary/aromatic N) is 2. The Hall–Kier alpha value is -1.40. The van der Waals surface area contributed by atoms with Crippen LogP contribution in [0.1, 0.15) is 54.7 Å². The van der Waals surface area contributed by atoms with E-state index in [1.165, 1.54) is 9.87 Å². The van der Waals surface area contributed by atoms with E-state index in [1.54, 1.807) is 11.8 Å². The summed E-state index contributed by atoms with van der Waals surface area (Å²) in [5.74, 6) is 0.108. The molecular formula is C19H30N2O3S. The van der Waals surface area contributed by atoms with Crippen LogP contribution in [0.2, 0.25) is 0 Å². The summed E-state index contributed by atoms with van der Waals surface area (Å²) in [6.45, 7) is 13.7. The van der Waals surface area contributed by atoms with Gasteiger partial charge in [-0.05, 0) is 42.9 Å². The zero-order chi connectivity index (χ0) is 19.0. The molecule has 0 spiro atoms. The normalized spacial score (nSPS) is 17.0. The van der Waals surface area contributed by atoms with Crippen molar-refractivity contribution in [3.05, 3.63) is 34.4 Å². The number of piperazine rings is 1. The topological polar surface area (TPSA) is 57.7 Å². The second-order valence-corrected chi connectivity index (χ2v) is 10.1. The predicted molar refractivity (Wildman–Crippen MR) is 102 cm³/mol. The van der Waals surface area contributed by atoms with Gasteiger partial charge in [0.2, 0.25) is 10.0 Å². The van der Waals surface area contributed by atoms with Crippen LogP contribution in [0.25, 0.3) is 0 Å². The molecule has 25 heavy (non-hydrogen) atoms. The zero-order valence-electron chi connectivity index (χ0n) is 16.2. The SMILES string of the molecule is CCS(=O)(=O)N1CCN(C(=O)c2c(C)cc(C(C)(C)C)cc2C)CC1. The summed E-state index contributed by atoms with van der Waals surface area (Å²) in [6, 6.07) is 4.19. The van der Waals surface area contributed by atoms with Crippen LogP contribution >= 0.6 is 0 Å². The molecule has 0 bridgehead atoms. The Kier molecular flexibility index (Phi) is 5.64. The quantitative estimate of drug-likeness (QED) is 0.826. The average molecular weight is 367 g/mol. The molecule has 0 radical (unpaired) electrons. The average Bonchev–Trinajstić information content (AvgIpc) is 2.53. The number of sulfonamides is 1. The molecule has 1 aromatic rings.